The average molecular weight is 326 g/mol. The predicted octanol–water partition coefficient (Wildman–Crippen LogP) is 2.59. The molecule has 1 fully saturated rings. The minimum Gasteiger partial charge on any atom is -0.248 e. The zero-order valence-electron chi connectivity index (χ0n) is 12.7. The molecule has 1 aliphatic rings. The van der Waals surface area contributed by atoms with Crippen LogP contribution < -0.4 is 5.14 Å². The van der Waals surface area contributed by atoms with Gasteiger partial charge < -0.3 is 0 Å². The lowest BCUT2D eigenvalue weighted by Crippen LogP contribution is -2.21. The van der Waals surface area contributed by atoms with Crippen molar-refractivity contribution in [2.24, 2.45) is 5.14 Å². The van der Waals surface area contributed by atoms with E-state index in [9.17, 15) is 8.42 Å². The molecular formula is C18H18N2O2S. The summed E-state index contributed by atoms with van der Waals surface area (Å²) >= 11 is 0. The zero-order valence-corrected chi connectivity index (χ0v) is 13.5. The van der Waals surface area contributed by atoms with E-state index in [1.807, 2.05) is 24.3 Å². The smallest absolute Gasteiger partial charge is 0.238 e. The average Bonchev–Trinajstić information content (AvgIpc) is 3.04. The van der Waals surface area contributed by atoms with Crippen LogP contribution in [-0.2, 0) is 15.4 Å². The highest BCUT2D eigenvalue weighted by Crippen LogP contribution is 2.41. The van der Waals surface area contributed by atoms with E-state index in [2.05, 4.69) is 16.8 Å². The number of primary sulfonamides is 1. The van der Waals surface area contributed by atoms with Gasteiger partial charge in [0, 0.05) is 6.20 Å². The number of hydrogen-bond donors (Lipinski definition) is 1. The van der Waals surface area contributed by atoms with Gasteiger partial charge in [0.25, 0.3) is 0 Å². The summed E-state index contributed by atoms with van der Waals surface area (Å²) in [5.41, 5.74) is 1.32. The van der Waals surface area contributed by atoms with Gasteiger partial charge in [0.2, 0.25) is 10.0 Å². The number of sulfonamides is 1. The Balaban J connectivity index is 2.04. The number of rotatable bonds is 2. The SMILES string of the molecule is NS(=O)(=O)c1cccc(C2(C#Cc3ccccn3)CCCC2)c1. The molecule has 23 heavy (non-hydrogen) atoms. The fourth-order valence-corrected chi connectivity index (χ4v) is 3.61. The molecule has 0 saturated heterocycles. The van der Waals surface area contributed by atoms with Gasteiger partial charge in [-0.1, -0.05) is 37.0 Å². The maximum absolute atomic E-state index is 11.6. The zero-order chi connectivity index (χ0) is 16.3. The third kappa shape index (κ3) is 3.44. The molecule has 1 heterocycles. The molecule has 2 N–H and O–H groups in total. The van der Waals surface area contributed by atoms with Crippen molar-refractivity contribution < 1.29 is 8.42 Å². The molecule has 0 spiro atoms. The van der Waals surface area contributed by atoms with Crippen molar-refractivity contribution in [1.29, 1.82) is 0 Å². The van der Waals surface area contributed by atoms with E-state index in [-0.39, 0.29) is 10.3 Å². The number of hydrogen-bond acceptors (Lipinski definition) is 3. The summed E-state index contributed by atoms with van der Waals surface area (Å²) < 4.78 is 23.2. The highest BCUT2D eigenvalue weighted by molar-refractivity contribution is 7.89. The van der Waals surface area contributed by atoms with Crippen molar-refractivity contribution in [3.8, 4) is 11.8 Å². The van der Waals surface area contributed by atoms with Crippen molar-refractivity contribution in [3.05, 3.63) is 59.9 Å². The second-order valence-corrected chi connectivity index (χ2v) is 7.39. The minimum atomic E-state index is -3.71. The van der Waals surface area contributed by atoms with Crippen molar-refractivity contribution in [2.75, 3.05) is 0 Å². The fraction of sp³-hybridized carbons (Fsp3) is 0.278. The fourth-order valence-electron chi connectivity index (χ4n) is 3.06. The van der Waals surface area contributed by atoms with Gasteiger partial charge in [0.05, 0.1) is 10.3 Å². The lowest BCUT2D eigenvalue weighted by atomic mass is 9.79. The van der Waals surface area contributed by atoms with Crippen LogP contribution in [0.25, 0.3) is 0 Å². The Bertz CT molecular complexity index is 859. The summed E-state index contributed by atoms with van der Waals surface area (Å²) in [5, 5.41) is 5.26. The molecule has 0 atom stereocenters. The maximum atomic E-state index is 11.6. The molecule has 5 heteroatoms. The van der Waals surface area contributed by atoms with Gasteiger partial charge >= 0.3 is 0 Å². The van der Waals surface area contributed by atoms with Crippen molar-refractivity contribution in [2.45, 2.75) is 36.0 Å². The van der Waals surface area contributed by atoms with Crippen LogP contribution in [0.1, 0.15) is 36.9 Å². The third-order valence-corrected chi connectivity index (χ3v) is 5.18. The molecule has 1 aromatic heterocycles. The van der Waals surface area contributed by atoms with E-state index in [0.717, 1.165) is 36.9 Å². The number of pyridine rings is 1. The van der Waals surface area contributed by atoms with Crippen LogP contribution in [-0.4, -0.2) is 13.4 Å². The number of aromatic nitrogens is 1. The Kier molecular flexibility index (Phi) is 4.20. The second-order valence-electron chi connectivity index (χ2n) is 5.83. The highest BCUT2D eigenvalue weighted by Gasteiger charge is 2.34. The largest absolute Gasteiger partial charge is 0.248 e. The topological polar surface area (TPSA) is 73.1 Å². The molecule has 3 rings (SSSR count). The number of nitrogens with two attached hydrogens (primary N) is 1. The summed E-state index contributed by atoms with van der Waals surface area (Å²) in [4.78, 5) is 4.37. The van der Waals surface area contributed by atoms with Crippen molar-refractivity contribution >= 4 is 10.0 Å². The summed E-state index contributed by atoms with van der Waals surface area (Å²) in [6.07, 6.45) is 5.71. The van der Waals surface area contributed by atoms with E-state index >= 15 is 0 Å². The van der Waals surface area contributed by atoms with Crippen LogP contribution >= 0.6 is 0 Å². The minimum absolute atomic E-state index is 0.140. The molecule has 2 aromatic rings. The van der Waals surface area contributed by atoms with Gasteiger partial charge in [-0.3, -0.25) is 0 Å². The van der Waals surface area contributed by atoms with Crippen LogP contribution in [0.2, 0.25) is 0 Å². The predicted molar refractivity (Wildman–Crippen MR) is 89.1 cm³/mol. The molecule has 0 bridgehead atoms. The second kappa shape index (κ2) is 6.15. The van der Waals surface area contributed by atoms with Crippen molar-refractivity contribution in [3.63, 3.8) is 0 Å². The molecule has 0 unspecified atom stereocenters. The van der Waals surface area contributed by atoms with Gasteiger partial charge in [-0.2, -0.15) is 0 Å². The molecule has 1 saturated carbocycles. The Labute approximate surface area is 136 Å². The monoisotopic (exact) mass is 326 g/mol. The Morgan fingerprint density at radius 1 is 1.09 bits per heavy atom. The van der Waals surface area contributed by atoms with Gasteiger partial charge in [-0.15, -0.1) is 0 Å². The molecule has 1 aromatic carbocycles. The normalized spacial score (nSPS) is 16.6. The van der Waals surface area contributed by atoms with Crippen LogP contribution in [0.3, 0.4) is 0 Å². The maximum Gasteiger partial charge on any atom is 0.238 e. The number of benzene rings is 1. The highest BCUT2D eigenvalue weighted by atomic mass is 32.2. The first-order chi connectivity index (χ1) is 11.0. The van der Waals surface area contributed by atoms with Gasteiger partial charge in [-0.25, -0.2) is 18.5 Å². The molecule has 0 aliphatic heterocycles. The molecule has 0 radical (unpaired) electrons. The first-order valence-electron chi connectivity index (χ1n) is 7.57. The molecular weight excluding hydrogens is 308 g/mol. The van der Waals surface area contributed by atoms with Crippen LogP contribution in [0.4, 0.5) is 0 Å². The lowest BCUT2D eigenvalue weighted by Gasteiger charge is -2.23. The van der Waals surface area contributed by atoms with Gasteiger partial charge in [-0.05, 0) is 48.6 Å². The summed E-state index contributed by atoms with van der Waals surface area (Å²) in [6, 6.07) is 12.5. The Morgan fingerprint density at radius 2 is 1.87 bits per heavy atom. The van der Waals surface area contributed by atoms with Gasteiger partial charge in [0.1, 0.15) is 5.69 Å². The quantitative estimate of drug-likeness (QED) is 0.862. The summed E-state index contributed by atoms with van der Waals surface area (Å²) in [6.45, 7) is 0. The third-order valence-electron chi connectivity index (χ3n) is 4.27. The van der Waals surface area contributed by atoms with E-state index in [1.165, 1.54) is 6.07 Å². The van der Waals surface area contributed by atoms with Crippen LogP contribution in [0, 0.1) is 11.8 Å². The Morgan fingerprint density at radius 3 is 2.52 bits per heavy atom. The first kappa shape index (κ1) is 15.7. The van der Waals surface area contributed by atoms with Crippen molar-refractivity contribution in [1.82, 2.24) is 4.98 Å². The molecule has 118 valence electrons. The van der Waals surface area contributed by atoms with E-state index in [0.29, 0.717) is 0 Å². The van der Waals surface area contributed by atoms with Crippen LogP contribution in [0.15, 0.2) is 53.6 Å². The van der Waals surface area contributed by atoms with Crippen LogP contribution in [0.5, 0.6) is 0 Å². The van der Waals surface area contributed by atoms with E-state index in [1.54, 1.807) is 18.3 Å². The Hall–Kier alpha value is -2.16. The number of nitrogens with zero attached hydrogens (tertiary/aromatic N) is 1. The lowest BCUT2D eigenvalue weighted by molar-refractivity contribution is 0.576. The van der Waals surface area contributed by atoms with Gasteiger partial charge in [0.15, 0.2) is 0 Å². The molecule has 4 nitrogen and oxygen atoms in total. The molecule has 0 amide bonds. The summed E-state index contributed by atoms with van der Waals surface area (Å²) in [7, 11) is -3.71. The van der Waals surface area contributed by atoms with E-state index in [4.69, 9.17) is 5.14 Å². The first-order valence-corrected chi connectivity index (χ1v) is 9.12. The standard InChI is InChI=1S/C18H18N2O2S/c19-23(21,22)17-8-5-6-15(14-17)18(10-2-3-11-18)12-9-16-7-1-4-13-20-16/h1,4-8,13-14H,2-3,10-11H2,(H2,19,21,22). The van der Waals surface area contributed by atoms with E-state index < -0.39 is 10.0 Å². The molecule has 1 aliphatic carbocycles. The summed E-state index contributed by atoms with van der Waals surface area (Å²) in [5.74, 6) is 6.50.